The minimum atomic E-state index is -0.365. The maximum Gasteiger partial charge on any atom is 0.276 e. The maximum absolute atomic E-state index is 13.3. The Hall–Kier alpha value is -3.48. The number of aromatic nitrogens is 2. The average molecular weight is 378 g/mol. The second-order valence-corrected chi connectivity index (χ2v) is 6.59. The number of anilines is 1. The summed E-state index contributed by atoms with van der Waals surface area (Å²) in [6, 6.07) is 12.9. The van der Waals surface area contributed by atoms with Gasteiger partial charge in [0.15, 0.2) is 5.69 Å². The van der Waals surface area contributed by atoms with Gasteiger partial charge in [0.1, 0.15) is 5.82 Å². The van der Waals surface area contributed by atoms with E-state index in [2.05, 4.69) is 15.7 Å². The highest BCUT2D eigenvalue weighted by molar-refractivity contribution is 6.08. The van der Waals surface area contributed by atoms with Crippen LogP contribution in [0.2, 0.25) is 0 Å². The number of nitrogens with one attached hydrogen (secondary N) is 2. The number of nitrogens with zero attached hydrogens (tertiary/aromatic N) is 2. The number of carbonyl (C=O) groups excluding carboxylic acids is 2. The topological polar surface area (TPSA) is 76.0 Å². The van der Waals surface area contributed by atoms with Gasteiger partial charge in [0, 0.05) is 18.3 Å². The van der Waals surface area contributed by atoms with Gasteiger partial charge in [0.05, 0.1) is 16.9 Å². The van der Waals surface area contributed by atoms with E-state index < -0.39 is 0 Å². The second kappa shape index (κ2) is 7.26. The van der Waals surface area contributed by atoms with Crippen LogP contribution in [0.3, 0.4) is 0 Å². The standard InChI is InChI=1S/C21H19FN4O2/c1-23-20(27)15-5-2-3-7-17(15)24-21(28)19-16-6-4-8-18(16)26(25-19)14-11-9-13(22)10-12-14/h2-3,5,7,9-12H,4,6,8H2,1H3,(H,23,27)(H,24,28). The van der Waals surface area contributed by atoms with Gasteiger partial charge in [-0.1, -0.05) is 12.1 Å². The molecule has 0 unspecified atom stereocenters. The summed E-state index contributed by atoms with van der Waals surface area (Å²) in [5.74, 6) is -0.968. The van der Waals surface area contributed by atoms with Crippen LogP contribution >= 0.6 is 0 Å². The molecule has 0 fully saturated rings. The van der Waals surface area contributed by atoms with Crippen LogP contribution in [0.25, 0.3) is 5.69 Å². The first-order valence-electron chi connectivity index (χ1n) is 9.07. The minimum Gasteiger partial charge on any atom is -0.355 e. The Balaban J connectivity index is 1.69. The molecule has 6 nitrogen and oxygen atoms in total. The van der Waals surface area contributed by atoms with Crippen molar-refractivity contribution in [1.29, 1.82) is 0 Å². The summed E-state index contributed by atoms with van der Waals surface area (Å²) < 4.78 is 15.0. The third kappa shape index (κ3) is 3.15. The predicted octanol–water partition coefficient (Wildman–Crippen LogP) is 3.11. The number of benzene rings is 2. The lowest BCUT2D eigenvalue weighted by Crippen LogP contribution is -2.22. The molecule has 7 heteroatoms. The lowest BCUT2D eigenvalue weighted by molar-refractivity contribution is 0.0964. The summed E-state index contributed by atoms with van der Waals surface area (Å²) in [7, 11) is 1.54. The molecule has 1 aromatic heterocycles. The van der Waals surface area contributed by atoms with Gasteiger partial charge in [0.2, 0.25) is 0 Å². The molecule has 28 heavy (non-hydrogen) atoms. The zero-order valence-corrected chi connectivity index (χ0v) is 15.3. The SMILES string of the molecule is CNC(=O)c1ccccc1NC(=O)c1nn(-c2ccc(F)cc2)c2c1CCC2. The van der Waals surface area contributed by atoms with Gasteiger partial charge in [-0.2, -0.15) is 5.10 Å². The molecular formula is C21H19FN4O2. The van der Waals surface area contributed by atoms with Crippen LogP contribution in [-0.4, -0.2) is 28.6 Å². The van der Waals surface area contributed by atoms with Gasteiger partial charge in [-0.05, 0) is 55.7 Å². The Morgan fingerprint density at radius 3 is 2.54 bits per heavy atom. The summed E-state index contributed by atoms with van der Waals surface area (Å²) in [4.78, 5) is 25.0. The molecule has 0 radical (unpaired) electrons. The van der Waals surface area contributed by atoms with Crippen molar-refractivity contribution in [3.63, 3.8) is 0 Å². The maximum atomic E-state index is 13.3. The molecule has 4 rings (SSSR count). The summed E-state index contributed by atoms with van der Waals surface area (Å²) in [5, 5.41) is 9.88. The van der Waals surface area contributed by atoms with Gasteiger partial charge in [0.25, 0.3) is 11.8 Å². The molecule has 1 heterocycles. The van der Waals surface area contributed by atoms with Crippen LogP contribution in [0.4, 0.5) is 10.1 Å². The Morgan fingerprint density at radius 1 is 1.04 bits per heavy atom. The lowest BCUT2D eigenvalue weighted by atomic mass is 10.1. The number of amides is 2. The van der Waals surface area contributed by atoms with Crippen LogP contribution in [0.15, 0.2) is 48.5 Å². The van der Waals surface area contributed by atoms with Gasteiger partial charge in [-0.25, -0.2) is 9.07 Å². The fourth-order valence-corrected chi connectivity index (χ4v) is 3.52. The van der Waals surface area contributed by atoms with E-state index in [1.807, 2.05) is 0 Å². The van der Waals surface area contributed by atoms with E-state index in [9.17, 15) is 14.0 Å². The molecule has 0 saturated heterocycles. The lowest BCUT2D eigenvalue weighted by Gasteiger charge is -2.09. The van der Waals surface area contributed by atoms with Crippen molar-refractivity contribution >= 4 is 17.5 Å². The molecule has 0 saturated carbocycles. The molecule has 0 aliphatic heterocycles. The van der Waals surface area contributed by atoms with Gasteiger partial charge in [-0.15, -0.1) is 0 Å². The highest BCUT2D eigenvalue weighted by Gasteiger charge is 2.27. The zero-order chi connectivity index (χ0) is 19.7. The monoisotopic (exact) mass is 378 g/mol. The van der Waals surface area contributed by atoms with Crippen LogP contribution in [0, 0.1) is 5.82 Å². The molecule has 2 N–H and O–H groups in total. The Bertz CT molecular complexity index is 1060. The van der Waals surface area contributed by atoms with Crippen molar-refractivity contribution in [2.75, 3.05) is 12.4 Å². The van der Waals surface area contributed by atoms with Crippen LogP contribution in [0.1, 0.15) is 38.5 Å². The fraction of sp³-hybridized carbons (Fsp3) is 0.190. The first-order valence-corrected chi connectivity index (χ1v) is 9.07. The van der Waals surface area contributed by atoms with Crippen molar-refractivity contribution in [1.82, 2.24) is 15.1 Å². The Labute approximate surface area is 161 Å². The van der Waals surface area contributed by atoms with Crippen molar-refractivity contribution in [2.24, 2.45) is 0 Å². The van der Waals surface area contributed by atoms with Crippen molar-refractivity contribution < 1.29 is 14.0 Å². The quantitative estimate of drug-likeness (QED) is 0.732. The van der Waals surface area contributed by atoms with Crippen molar-refractivity contribution in [3.05, 3.63) is 76.9 Å². The smallest absolute Gasteiger partial charge is 0.276 e. The average Bonchev–Trinajstić information content (AvgIpc) is 3.31. The normalized spacial score (nSPS) is 12.5. The predicted molar refractivity (Wildman–Crippen MR) is 103 cm³/mol. The van der Waals surface area contributed by atoms with Crippen LogP contribution < -0.4 is 10.6 Å². The van der Waals surface area contributed by atoms with Gasteiger partial charge in [-0.3, -0.25) is 9.59 Å². The van der Waals surface area contributed by atoms with E-state index in [0.29, 0.717) is 22.6 Å². The number of rotatable bonds is 4. The van der Waals surface area contributed by atoms with Crippen LogP contribution in [0.5, 0.6) is 0 Å². The highest BCUT2D eigenvalue weighted by atomic mass is 19.1. The fourth-order valence-electron chi connectivity index (χ4n) is 3.52. The van der Waals surface area contributed by atoms with E-state index in [1.165, 1.54) is 19.2 Å². The first kappa shape index (κ1) is 17.9. The highest BCUT2D eigenvalue weighted by Crippen LogP contribution is 2.28. The minimum absolute atomic E-state index is 0.280. The second-order valence-electron chi connectivity index (χ2n) is 6.59. The Kier molecular flexibility index (Phi) is 4.65. The summed E-state index contributed by atoms with van der Waals surface area (Å²) >= 11 is 0. The largest absolute Gasteiger partial charge is 0.355 e. The third-order valence-corrected chi connectivity index (χ3v) is 4.86. The molecule has 1 aliphatic rings. The molecule has 142 valence electrons. The molecule has 2 amide bonds. The van der Waals surface area contributed by atoms with Crippen molar-refractivity contribution in [3.8, 4) is 5.69 Å². The van der Waals surface area contributed by atoms with E-state index in [4.69, 9.17) is 0 Å². The van der Waals surface area contributed by atoms with E-state index >= 15 is 0 Å². The van der Waals surface area contributed by atoms with E-state index in [-0.39, 0.29) is 17.6 Å². The first-order chi connectivity index (χ1) is 13.6. The molecule has 0 atom stereocenters. The molecule has 0 spiro atoms. The summed E-state index contributed by atoms with van der Waals surface area (Å²) in [5.41, 5.74) is 3.73. The van der Waals surface area contributed by atoms with Gasteiger partial charge < -0.3 is 10.6 Å². The van der Waals surface area contributed by atoms with Crippen molar-refractivity contribution in [2.45, 2.75) is 19.3 Å². The van der Waals surface area contributed by atoms with Crippen LogP contribution in [-0.2, 0) is 12.8 Å². The molecular weight excluding hydrogens is 359 g/mol. The number of para-hydroxylation sites is 1. The van der Waals surface area contributed by atoms with Gasteiger partial charge >= 0.3 is 0 Å². The molecule has 2 aromatic carbocycles. The third-order valence-electron chi connectivity index (χ3n) is 4.86. The Morgan fingerprint density at radius 2 is 1.79 bits per heavy atom. The number of hydrogen-bond donors (Lipinski definition) is 2. The number of fused-ring (bicyclic) bond motifs is 1. The number of carbonyl (C=O) groups is 2. The number of halogens is 1. The molecule has 1 aliphatic carbocycles. The zero-order valence-electron chi connectivity index (χ0n) is 15.3. The van der Waals surface area contributed by atoms with E-state index in [1.54, 1.807) is 41.1 Å². The molecule has 0 bridgehead atoms. The summed E-state index contributed by atoms with van der Waals surface area (Å²) in [6.45, 7) is 0. The molecule has 3 aromatic rings. The summed E-state index contributed by atoms with van der Waals surface area (Å²) in [6.07, 6.45) is 2.50. The van der Waals surface area contributed by atoms with E-state index in [0.717, 1.165) is 30.5 Å². The number of hydrogen-bond acceptors (Lipinski definition) is 3.